The zero-order chi connectivity index (χ0) is 27.8. The molecule has 0 unspecified atom stereocenters. The average Bonchev–Trinajstić information content (AvgIpc) is 3.55. The molecule has 38 heavy (non-hydrogen) atoms. The van der Waals surface area contributed by atoms with Crippen LogP contribution >= 0.6 is 0 Å². The summed E-state index contributed by atoms with van der Waals surface area (Å²) in [6.45, 7) is 3.13. The van der Waals surface area contributed by atoms with E-state index in [1.54, 1.807) is 25.1 Å². The van der Waals surface area contributed by atoms with E-state index in [4.69, 9.17) is 10.8 Å². The number of benzene rings is 1. The lowest BCUT2D eigenvalue weighted by molar-refractivity contribution is -0.140. The van der Waals surface area contributed by atoms with Crippen LogP contribution in [0.2, 0.25) is 0 Å². The van der Waals surface area contributed by atoms with E-state index in [0.29, 0.717) is 12.1 Å². The first-order valence-corrected chi connectivity index (χ1v) is 12.1. The molecule has 1 aliphatic rings. The number of aliphatic carboxylic acids is 1. The second-order valence-corrected chi connectivity index (χ2v) is 8.95. The number of aromatic nitrogens is 4. The highest BCUT2D eigenvalue weighted by atomic mass is 16.4. The molecular weight excluding hydrogens is 498 g/mol. The van der Waals surface area contributed by atoms with Crippen molar-refractivity contribution in [3.63, 3.8) is 0 Å². The number of rotatable bonds is 12. The molecule has 15 nitrogen and oxygen atoms in total. The molecule has 7 N–H and O–H groups in total. The second-order valence-electron chi connectivity index (χ2n) is 8.95. The highest BCUT2D eigenvalue weighted by Gasteiger charge is 2.38. The van der Waals surface area contributed by atoms with Crippen molar-refractivity contribution in [2.24, 2.45) is 11.7 Å². The zero-order valence-electron chi connectivity index (χ0n) is 21.0. The normalized spacial score (nSPS) is 16.6. The monoisotopic (exact) mass is 529 g/mol. The molecule has 1 aromatic heterocycles. The Hall–Kier alpha value is -4.40. The van der Waals surface area contributed by atoms with Crippen LogP contribution in [0.25, 0.3) is 0 Å². The van der Waals surface area contributed by atoms with Gasteiger partial charge < -0.3 is 26.8 Å². The molecular formula is C23H31N9O6. The molecule has 4 amide bonds. The Morgan fingerprint density at radius 2 is 1.92 bits per heavy atom. The number of nitrogens with one attached hydrogen (secondary N) is 4. The van der Waals surface area contributed by atoms with Gasteiger partial charge >= 0.3 is 5.97 Å². The number of para-hydroxylation sites is 1. The van der Waals surface area contributed by atoms with Gasteiger partial charge in [-0.25, -0.2) is 0 Å². The van der Waals surface area contributed by atoms with Crippen LogP contribution in [0, 0.1) is 5.92 Å². The van der Waals surface area contributed by atoms with E-state index < -0.39 is 60.7 Å². The first kappa shape index (κ1) is 28.2. The van der Waals surface area contributed by atoms with E-state index in [9.17, 15) is 24.0 Å². The van der Waals surface area contributed by atoms with Crippen molar-refractivity contribution in [2.75, 3.05) is 11.4 Å². The smallest absolute Gasteiger partial charge is 0.305 e. The van der Waals surface area contributed by atoms with Crippen LogP contribution in [0.1, 0.15) is 38.1 Å². The van der Waals surface area contributed by atoms with Gasteiger partial charge in [-0.1, -0.05) is 43.7 Å². The summed E-state index contributed by atoms with van der Waals surface area (Å²) in [6.07, 6.45) is 0.202. The fraction of sp³-hybridized carbons (Fsp3) is 0.478. The number of anilines is 1. The van der Waals surface area contributed by atoms with Gasteiger partial charge in [0, 0.05) is 12.1 Å². The molecule has 0 saturated carbocycles. The van der Waals surface area contributed by atoms with E-state index >= 15 is 0 Å². The first-order chi connectivity index (χ1) is 18.1. The number of carbonyl (C=O) groups excluding carboxylic acids is 4. The van der Waals surface area contributed by atoms with Gasteiger partial charge in [0.25, 0.3) is 0 Å². The van der Waals surface area contributed by atoms with Gasteiger partial charge in [-0.2, -0.15) is 5.21 Å². The predicted octanol–water partition coefficient (Wildman–Crippen LogP) is -1.78. The number of amides is 4. The molecule has 0 radical (unpaired) electrons. The molecule has 2 heterocycles. The molecule has 4 atom stereocenters. The molecule has 2 aromatic rings. The number of H-pyrrole nitrogens is 1. The number of nitrogens with two attached hydrogens (primary N) is 1. The van der Waals surface area contributed by atoms with Gasteiger partial charge in [0.05, 0.1) is 25.6 Å². The fourth-order valence-corrected chi connectivity index (χ4v) is 4.05. The molecule has 15 heteroatoms. The SMILES string of the molecule is CC[C@H](C)[C@H](NC(=O)[C@H](N)CC(=O)O)C(=O)NCC(=O)N1c2ccccc2C[C@H]1C(=O)NCc1nn[nH]n1. The van der Waals surface area contributed by atoms with Gasteiger partial charge in [0.15, 0.2) is 5.82 Å². The fourth-order valence-electron chi connectivity index (χ4n) is 4.05. The zero-order valence-corrected chi connectivity index (χ0v) is 21.0. The lowest BCUT2D eigenvalue weighted by Crippen LogP contribution is -2.56. The van der Waals surface area contributed by atoms with Crippen LogP contribution in [-0.2, 0) is 36.9 Å². The van der Waals surface area contributed by atoms with Crippen LogP contribution in [0.4, 0.5) is 5.69 Å². The standard InChI is InChI=1S/C23H31N9O6/c1-3-12(2)20(27-21(36)14(24)9-19(34)35)23(38)26-11-18(33)32-15-7-5-4-6-13(15)8-16(32)22(37)25-10-17-28-30-31-29-17/h4-7,12,14,16,20H,3,8-11,24H2,1-2H3,(H,25,37)(H,26,38)(H,27,36)(H,34,35)(H,28,29,30,31)/t12-,14+,16-,20-/m0/s1. The third kappa shape index (κ3) is 6.88. The van der Waals surface area contributed by atoms with Crippen LogP contribution < -0.4 is 26.6 Å². The van der Waals surface area contributed by atoms with Crippen molar-refractivity contribution < 1.29 is 29.1 Å². The number of hydrogen-bond acceptors (Lipinski definition) is 9. The Bertz CT molecular complexity index is 1170. The minimum atomic E-state index is -1.33. The summed E-state index contributed by atoms with van der Waals surface area (Å²) in [5, 5.41) is 29.9. The minimum absolute atomic E-state index is 0.0151. The highest BCUT2D eigenvalue weighted by Crippen LogP contribution is 2.32. The van der Waals surface area contributed by atoms with Crippen LogP contribution in [0.3, 0.4) is 0 Å². The molecule has 0 spiro atoms. The Kier molecular flexibility index (Phi) is 9.43. The Morgan fingerprint density at radius 1 is 1.18 bits per heavy atom. The summed E-state index contributed by atoms with van der Waals surface area (Å²) in [5.41, 5.74) is 6.97. The average molecular weight is 530 g/mol. The van der Waals surface area contributed by atoms with Crippen LogP contribution in [0.5, 0.6) is 0 Å². The third-order valence-electron chi connectivity index (χ3n) is 6.30. The number of carboxylic acid groups (broad SMARTS) is 1. The number of hydrogen-bond donors (Lipinski definition) is 6. The number of tetrazole rings is 1. The summed E-state index contributed by atoms with van der Waals surface area (Å²) < 4.78 is 0. The predicted molar refractivity (Wildman–Crippen MR) is 132 cm³/mol. The Balaban J connectivity index is 1.68. The maximum absolute atomic E-state index is 13.3. The van der Waals surface area contributed by atoms with Gasteiger partial charge in [-0.3, -0.25) is 28.9 Å². The van der Waals surface area contributed by atoms with E-state index in [0.717, 1.165) is 5.56 Å². The second kappa shape index (κ2) is 12.7. The van der Waals surface area contributed by atoms with Crippen molar-refractivity contribution in [3.05, 3.63) is 35.7 Å². The highest BCUT2D eigenvalue weighted by molar-refractivity contribution is 6.05. The molecule has 0 bridgehead atoms. The van der Waals surface area contributed by atoms with Crippen molar-refractivity contribution >= 4 is 35.3 Å². The lowest BCUT2D eigenvalue weighted by Gasteiger charge is -2.27. The third-order valence-corrected chi connectivity index (χ3v) is 6.30. The summed E-state index contributed by atoms with van der Waals surface area (Å²) in [5.74, 6) is -3.67. The molecule has 0 saturated heterocycles. The van der Waals surface area contributed by atoms with Gasteiger partial charge in [0.2, 0.25) is 23.6 Å². The number of aromatic amines is 1. The molecule has 0 aliphatic carbocycles. The summed E-state index contributed by atoms with van der Waals surface area (Å²) in [4.78, 5) is 63.8. The number of carboxylic acids is 1. The van der Waals surface area contributed by atoms with Crippen molar-refractivity contribution in [1.29, 1.82) is 0 Å². The number of fused-ring (bicyclic) bond motifs is 1. The summed E-state index contributed by atoms with van der Waals surface area (Å²) in [7, 11) is 0. The molecule has 1 aliphatic heterocycles. The van der Waals surface area contributed by atoms with E-state index in [-0.39, 0.29) is 24.7 Å². The maximum atomic E-state index is 13.3. The largest absolute Gasteiger partial charge is 0.481 e. The van der Waals surface area contributed by atoms with Crippen molar-refractivity contribution in [3.8, 4) is 0 Å². The summed E-state index contributed by atoms with van der Waals surface area (Å²) in [6, 6.07) is 3.84. The number of nitrogens with zero attached hydrogens (tertiary/aromatic N) is 4. The molecule has 0 fully saturated rings. The Labute approximate surface area is 217 Å². The van der Waals surface area contributed by atoms with E-state index in [1.807, 2.05) is 13.0 Å². The Morgan fingerprint density at radius 3 is 2.58 bits per heavy atom. The molecule has 3 rings (SSSR count). The summed E-state index contributed by atoms with van der Waals surface area (Å²) >= 11 is 0. The molecule has 1 aromatic carbocycles. The topological polar surface area (TPSA) is 225 Å². The first-order valence-electron chi connectivity index (χ1n) is 12.1. The van der Waals surface area contributed by atoms with Crippen molar-refractivity contribution in [1.82, 2.24) is 36.6 Å². The maximum Gasteiger partial charge on any atom is 0.305 e. The van der Waals surface area contributed by atoms with Gasteiger partial charge in [-0.15, -0.1) is 10.2 Å². The van der Waals surface area contributed by atoms with E-state index in [1.165, 1.54) is 4.90 Å². The van der Waals surface area contributed by atoms with Crippen LogP contribution in [-0.4, -0.2) is 80.0 Å². The molecule has 204 valence electrons. The van der Waals surface area contributed by atoms with Crippen molar-refractivity contribution in [2.45, 2.75) is 57.8 Å². The van der Waals surface area contributed by atoms with Crippen LogP contribution in [0.15, 0.2) is 24.3 Å². The van der Waals surface area contributed by atoms with Gasteiger partial charge in [-0.05, 0) is 17.5 Å². The van der Waals surface area contributed by atoms with Gasteiger partial charge in [0.1, 0.15) is 12.1 Å². The number of carbonyl (C=O) groups is 5. The quantitative estimate of drug-likeness (QED) is 0.181. The minimum Gasteiger partial charge on any atom is -0.481 e. The lowest BCUT2D eigenvalue weighted by atomic mass is 9.97. The van der Waals surface area contributed by atoms with E-state index in [2.05, 4.69) is 36.6 Å².